The Morgan fingerprint density at radius 1 is 0.963 bits per heavy atom. The van der Waals surface area contributed by atoms with E-state index in [1.54, 1.807) is 35.2 Å². The van der Waals surface area contributed by atoms with Gasteiger partial charge in [0.05, 0.1) is 11.6 Å². The number of ether oxygens (including phenoxy) is 1. The van der Waals surface area contributed by atoms with Crippen LogP contribution in [0.5, 0.6) is 5.75 Å². The highest BCUT2D eigenvalue weighted by atomic mass is 35.5. The van der Waals surface area contributed by atoms with Crippen LogP contribution in [0.4, 0.5) is 5.69 Å². The number of carbonyl (C=O) groups excluding carboxylic acids is 1. The summed E-state index contributed by atoms with van der Waals surface area (Å²) in [6.45, 7) is 2.70. The van der Waals surface area contributed by atoms with Crippen molar-refractivity contribution in [3.8, 4) is 5.75 Å². The fourth-order valence-corrected chi connectivity index (χ4v) is 3.11. The summed E-state index contributed by atoms with van der Waals surface area (Å²) in [5, 5.41) is 0.992. The van der Waals surface area contributed by atoms with Crippen molar-refractivity contribution < 1.29 is 9.53 Å². The lowest BCUT2D eigenvalue weighted by atomic mass is 10.1. The Labute approximate surface area is 169 Å². The van der Waals surface area contributed by atoms with E-state index >= 15 is 0 Å². The summed E-state index contributed by atoms with van der Waals surface area (Å²) < 4.78 is 5.77. The normalized spacial score (nSPS) is 10.5. The lowest BCUT2D eigenvalue weighted by molar-refractivity contribution is 0.0982. The number of anilines is 1. The summed E-state index contributed by atoms with van der Waals surface area (Å²) >= 11 is 12.1. The molecule has 1 amide bonds. The molecular formula is C22H19Cl2NO2. The van der Waals surface area contributed by atoms with Crippen LogP contribution in [0.2, 0.25) is 10.0 Å². The van der Waals surface area contributed by atoms with Gasteiger partial charge in [0.25, 0.3) is 5.91 Å². The van der Waals surface area contributed by atoms with Crippen molar-refractivity contribution >= 4 is 34.8 Å². The molecule has 0 aliphatic rings. The average molecular weight is 400 g/mol. The van der Waals surface area contributed by atoms with Crippen LogP contribution in [0.1, 0.15) is 15.9 Å². The lowest BCUT2D eigenvalue weighted by Crippen LogP contribution is -2.34. The average Bonchev–Trinajstić information content (AvgIpc) is 2.68. The van der Waals surface area contributed by atoms with Gasteiger partial charge in [-0.1, -0.05) is 59.1 Å². The molecule has 0 radical (unpaired) electrons. The second kappa shape index (κ2) is 8.94. The van der Waals surface area contributed by atoms with Crippen molar-refractivity contribution in [3.63, 3.8) is 0 Å². The van der Waals surface area contributed by atoms with E-state index in [9.17, 15) is 4.79 Å². The molecule has 138 valence electrons. The van der Waals surface area contributed by atoms with Crippen molar-refractivity contribution in [1.82, 2.24) is 0 Å². The van der Waals surface area contributed by atoms with Crippen LogP contribution >= 0.6 is 23.2 Å². The van der Waals surface area contributed by atoms with Gasteiger partial charge < -0.3 is 9.64 Å². The van der Waals surface area contributed by atoms with Gasteiger partial charge in [-0.2, -0.15) is 0 Å². The monoisotopic (exact) mass is 399 g/mol. The molecule has 0 unspecified atom stereocenters. The maximum atomic E-state index is 13.0. The predicted molar refractivity (Wildman–Crippen MR) is 111 cm³/mol. The zero-order chi connectivity index (χ0) is 19.2. The second-order valence-corrected chi connectivity index (χ2v) is 6.93. The van der Waals surface area contributed by atoms with Crippen LogP contribution in [-0.4, -0.2) is 19.1 Å². The zero-order valence-electron chi connectivity index (χ0n) is 14.9. The van der Waals surface area contributed by atoms with Crippen LogP contribution in [0.15, 0.2) is 72.8 Å². The molecule has 0 heterocycles. The molecule has 0 aliphatic carbocycles. The minimum atomic E-state index is -0.0785. The fraction of sp³-hybridized carbons (Fsp3) is 0.136. The summed E-state index contributed by atoms with van der Waals surface area (Å²) in [6.07, 6.45) is 0. The first-order valence-corrected chi connectivity index (χ1v) is 9.31. The molecule has 0 aliphatic heterocycles. The molecule has 3 aromatic carbocycles. The van der Waals surface area contributed by atoms with E-state index in [2.05, 4.69) is 0 Å². The number of halogens is 2. The maximum absolute atomic E-state index is 13.0. The Kier molecular flexibility index (Phi) is 6.38. The van der Waals surface area contributed by atoms with Crippen molar-refractivity contribution in [1.29, 1.82) is 0 Å². The Morgan fingerprint density at radius 2 is 1.67 bits per heavy atom. The molecule has 0 fully saturated rings. The highest BCUT2D eigenvalue weighted by Gasteiger charge is 2.18. The minimum absolute atomic E-state index is 0.0785. The van der Waals surface area contributed by atoms with Gasteiger partial charge >= 0.3 is 0 Å². The largest absolute Gasteiger partial charge is 0.490 e. The second-order valence-electron chi connectivity index (χ2n) is 6.08. The summed E-state index contributed by atoms with van der Waals surface area (Å²) in [5.41, 5.74) is 2.58. The van der Waals surface area contributed by atoms with Gasteiger partial charge in [0.1, 0.15) is 12.4 Å². The summed E-state index contributed by atoms with van der Waals surface area (Å²) in [5.74, 6) is 0.460. The molecule has 0 bridgehead atoms. The third-order valence-electron chi connectivity index (χ3n) is 4.08. The number of nitrogens with zero attached hydrogens (tertiary/aromatic N) is 1. The van der Waals surface area contributed by atoms with Crippen molar-refractivity contribution in [2.45, 2.75) is 6.92 Å². The van der Waals surface area contributed by atoms with Crippen LogP contribution < -0.4 is 9.64 Å². The van der Waals surface area contributed by atoms with Gasteiger partial charge in [-0.05, 0) is 49.4 Å². The molecule has 3 rings (SSSR count). The SMILES string of the molecule is Cc1ccc(N(CCOc2ccc(Cl)cc2Cl)C(=O)c2ccccc2)cc1. The minimum Gasteiger partial charge on any atom is -0.490 e. The topological polar surface area (TPSA) is 29.5 Å². The summed E-state index contributed by atoms with van der Waals surface area (Å²) in [6, 6.07) is 22.1. The molecule has 3 aromatic rings. The molecular weight excluding hydrogens is 381 g/mol. The molecule has 0 spiro atoms. The Hall–Kier alpha value is -2.49. The molecule has 0 N–H and O–H groups in total. The van der Waals surface area contributed by atoms with E-state index in [-0.39, 0.29) is 5.91 Å². The quantitative estimate of drug-likeness (QED) is 0.506. The maximum Gasteiger partial charge on any atom is 0.258 e. The fourth-order valence-electron chi connectivity index (χ4n) is 2.65. The molecule has 0 saturated heterocycles. The number of rotatable bonds is 6. The number of amides is 1. The number of hydrogen-bond donors (Lipinski definition) is 0. The lowest BCUT2D eigenvalue weighted by Gasteiger charge is -2.23. The summed E-state index contributed by atoms with van der Waals surface area (Å²) in [4.78, 5) is 14.7. The third-order valence-corrected chi connectivity index (χ3v) is 4.61. The molecule has 27 heavy (non-hydrogen) atoms. The highest BCUT2D eigenvalue weighted by Crippen LogP contribution is 2.27. The number of aryl methyl sites for hydroxylation is 1. The first kappa shape index (κ1) is 19.3. The van der Waals surface area contributed by atoms with Gasteiger partial charge in [0, 0.05) is 16.3 Å². The molecule has 0 aromatic heterocycles. The zero-order valence-corrected chi connectivity index (χ0v) is 16.4. The van der Waals surface area contributed by atoms with Crippen molar-refractivity contribution in [2.75, 3.05) is 18.1 Å². The van der Waals surface area contributed by atoms with E-state index in [1.165, 1.54) is 0 Å². The Bertz CT molecular complexity index is 911. The van der Waals surface area contributed by atoms with Crippen LogP contribution in [0.25, 0.3) is 0 Å². The van der Waals surface area contributed by atoms with E-state index in [4.69, 9.17) is 27.9 Å². The first-order valence-electron chi connectivity index (χ1n) is 8.56. The van der Waals surface area contributed by atoms with Crippen LogP contribution in [0, 0.1) is 6.92 Å². The number of benzene rings is 3. The standard InChI is InChI=1S/C22H19Cl2NO2/c1-16-7-10-19(11-8-16)25(22(26)17-5-3-2-4-6-17)13-14-27-21-12-9-18(23)15-20(21)24/h2-12,15H,13-14H2,1H3. The molecule has 0 saturated carbocycles. The first-order chi connectivity index (χ1) is 13.0. The van der Waals surface area contributed by atoms with E-state index in [1.807, 2.05) is 49.4 Å². The Morgan fingerprint density at radius 3 is 2.33 bits per heavy atom. The van der Waals surface area contributed by atoms with Gasteiger partial charge in [-0.3, -0.25) is 4.79 Å². The van der Waals surface area contributed by atoms with Crippen LogP contribution in [0.3, 0.4) is 0 Å². The predicted octanol–water partition coefficient (Wildman–Crippen LogP) is 6.03. The highest BCUT2D eigenvalue weighted by molar-refractivity contribution is 6.35. The van der Waals surface area contributed by atoms with Crippen LogP contribution in [-0.2, 0) is 0 Å². The third kappa shape index (κ3) is 5.03. The molecule has 0 atom stereocenters. The number of carbonyl (C=O) groups is 1. The number of hydrogen-bond acceptors (Lipinski definition) is 2. The van der Waals surface area contributed by atoms with Crippen molar-refractivity contribution in [2.24, 2.45) is 0 Å². The van der Waals surface area contributed by atoms with Gasteiger partial charge in [-0.25, -0.2) is 0 Å². The van der Waals surface area contributed by atoms with Gasteiger partial charge in [0.15, 0.2) is 0 Å². The van der Waals surface area contributed by atoms with E-state index in [0.29, 0.717) is 34.5 Å². The van der Waals surface area contributed by atoms with E-state index < -0.39 is 0 Å². The smallest absolute Gasteiger partial charge is 0.258 e. The summed E-state index contributed by atoms with van der Waals surface area (Å²) in [7, 11) is 0. The van der Waals surface area contributed by atoms with Gasteiger partial charge in [-0.15, -0.1) is 0 Å². The molecule has 3 nitrogen and oxygen atoms in total. The van der Waals surface area contributed by atoms with E-state index in [0.717, 1.165) is 11.3 Å². The van der Waals surface area contributed by atoms with Crippen molar-refractivity contribution in [3.05, 3.63) is 94.0 Å². The van der Waals surface area contributed by atoms with Gasteiger partial charge in [0.2, 0.25) is 0 Å². The molecule has 5 heteroatoms. The Balaban J connectivity index is 1.77.